The van der Waals surface area contributed by atoms with Gasteiger partial charge in [-0.3, -0.25) is 14.6 Å². The molecule has 1 amide bonds. The van der Waals surface area contributed by atoms with Gasteiger partial charge in [-0.15, -0.1) is 0 Å². The highest BCUT2D eigenvalue weighted by molar-refractivity contribution is 5.95. The molecule has 1 aromatic carbocycles. The fraction of sp³-hybridized carbons (Fsp3) is 0.273. The summed E-state index contributed by atoms with van der Waals surface area (Å²) in [7, 11) is 0. The molecule has 1 aliphatic rings. The van der Waals surface area contributed by atoms with Crippen LogP contribution in [0.2, 0.25) is 0 Å². The summed E-state index contributed by atoms with van der Waals surface area (Å²) in [6, 6.07) is 15.0. The van der Waals surface area contributed by atoms with Crippen molar-refractivity contribution in [2.24, 2.45) is 0 Å². The summed E-state index contributed by atoms with van der Waals surface area (Å²) in [6.07, 6.45) is 7.01. The number of carboxylic acid groups (broad SMARTS) is 1. The number of aliphatic carboxylic acids is 1. The Labute approximate surface area is 168 Å². The van der Waals surface area contributed by atoms with Gasteiger partial charge in [0.1, 0.15) is 6.54 Å². The standard InChI is InChI=1S/C22H22N4O3/c27-21(28)15-25(17-8-4-5-9-17)22(29)19-14-20(16-6-2-1-3-7-16)26(24-19)18-10-12-23-13-11-18/h1-3,6-7,10-14,17H,4-5,8-9,15H2,(H,27,28). The number of benzene rings is 1. The third-order valence-electron chi connectivity index (χ3n) is 5.24. The summed E-state index contributed by atoms with van der Waals surface area (Å²) >= 11 is 0. The number of aromatic nitrogens is 3. The van der Waals surface area contributed by atoms with E-state index in [0.717, 1.165) is 42.6 Å². The number of nitrogens with zero attached hydrogens (tertiary/aromatic N) is 4. The van der Waals surface area contributed by atoms with Crippen LogP contribution < -0.4 is 0 Å². The molecule has 0 spiro atoms. The zero-order valence-corrected chi connectivity index (χ0v) is 15.9. The summed E-state index contributed by atoms with van der Waals surface area (Å²) in [5.41, 5.74) is 2.71. The van der Waals surface area contributed by atoms with Crippen LogP contribution in [-0.4, -0.2) is 49.2 Å². The fourth-order valence-electron chi connectivity index (χ4n) is 3.86. The van der Waals surface area contributed by atoms with Gasteiger partial charge in [0, 0.05) is 24.0 Å². The van der Waals surface area contributed by atoms with Crippen molar-refractivity contribution < 1.29 is 14.7 Å². The number of pyridine rings is 1. The first kappa shape index (κ1) is 18.9. The van der Waals surface area contributed by atoms with Gasteiger partial charge in [0.2, 0.25) is 0 Å². The molecule has 1 fully saturated rings. The van der Waals surface area contributed by atoms with Crippen LogP contribution in [0.25, 0.3) is 16.9 Å². The highest BCUT2D eigenvalue weighted by Gasteiger charge is 2.31. The summed E-state index contributed by atoms with van der Waals surface area (Å²) < 4.78 is 1.71. The van der Waals surface area contributed by atoms with Gasteiger partial charge in [0.15, 0.2) is 5.69 Å². The fourth-order valence-corrected chi connectivity index (χ4v) is 3.86. The van der Waals surface area contributed by atoms with Crippen molar-refractivity contribution in [2.45, 2.75) is 31.7 Å². The molecule has 1 aliphatic carbocycles. The van der Waals surface area contributed by atoms with Crippen molar-refractivity contribution in [3.63, 3.8) is 0 Å². The van der Waals surface area contributed by atoms with Gasteiger partial charge in [-0.05, 0) is 31.0 Å². The van der Waals surface area contributed by atoms with Gasteiger partial charge in [-0.1, -0.05) is 43.2 Å². The third-order valence-corrected chi connectivity index (χ3v) is 5.24. The lowest BCUT2D eigenvalue weighted by Gasteiger charge is -2.26. The molecule has 2 heterocycles. The quantitative estimate of drug-likeness (QED) is 0.697. The average Bonchev–Trinajstić information content (AvgIpc) is 3.43. The van der Waals surface area contributed by atoms with Gasteiger partial charge in [-0.25, -0.2) is 4.68 Å². The van der Waals surface area contributed by atoms with E-state index in [1.165, 1.54) is 4.90 Å². The molecular formula is C22H22N4O3. The normalized spacial score (nSPS) is 14.1. The maximum absolute atomic E-state index is 13.3. The second kappa shape index (κ2) is 8.26. The molecule has 4 rings (SSSR count). The van der Waals surface area contributed by atoms with E-state index in [0.29, 0.717) is 0 Å². The van der Waals surface area contributed by atoms with Crippen LogP contribution in [0, 0.1) is 0 Å². The minimum absolute atomic E-state index is 0.0511. The predicted molar refractivity (Wildman–Crippen MR) is 108 cm³/mol. The van der Waals surface area contributed by atoms with Crippen LogP contribution in [0.15, 0.2) is 60.9 Å². The SMILES string of the molecule is O=C(O)CN(C(=O)c1cc(-c2ccccc2)n(-c2ccncc2)n1)C1CCCC1. The molecule has 29 heavy (non-hydrogen) atoms. The number of hydrogen-bond acceptors (Lipinski definition) is 4. The molecule has 1 saturated carbocycles. The number of hydrogen-bond donors (Lipinski definition) is 1. The van der Waals surface area contributed by atoms with Crippen LogP contribution in [0.5, 0.6) is 0 Å². The van der Waals surface area contributed by atoms with Crippen molar-refractivity contribution in [1.29, 1.82) is 0 Å². The Hall–Kier alpha value is -3.48. The molecule has 2 aromatic heterocycles. The van der Waals surface area contributed by atoms with Crippen molar-refractivity contribution in [1.82, 2.24) is 19.7 Å². The summed E-state index contributed by atoms with van der Waals surface area (Å²) in [4.78, 5) is 30.2. The van der Waals surface area contributed by atoms with E-state index in [2.05, 4.69) is 10.1 Å². The largest absolute Gasteiger partial charge is 0.480 e. The molecule has 0 atom stereocenters. The molecule has 7 nitrogen and oxygen atoms in total. The van der Waals surface area contributed by atoms with E-state index in [4.69, 9.17) is 0 Å². The van der Waals surface area contributed by atoms with Crippen molar-refractivity contribution in [3.05, 3.63) is 66.6 Å². The predicted octanol–water partition coefficient (Wildman–Crippen LogP) is 3.40. The lowest BCUT2D eigenvalue weighted by molar-refractivity contribution is -0.138. The second-order valence-corrected chi connectivity index (χ2v) is 7.16. The number of amides is 1. The zero-order valence-electron chi connectivity index (χ0n) is 15.9. The van der Waals surface area contributed by atoms with E-state index < -0.39 is 5.97 Å². The molecule has 3 aromatic rings. The molecule has 7 heteroatoms. The lowest BCUT2D eigenvalue weighted by Crippen LogP contribution is -2.42. The minimum atomic E-state index is -1.01. The molecule has 0 radical (unpaired) electrons. The first-order valence-electron chi connectivity index (χ1n) is 9.72. The molecule has 0 aliphatic heterocycles. The smallest absolute Gasteiger partial charge is 0.323 e. The molecular weight excluding hydrogens is 368 g/mol. The Balaban J connectivity index is 1.76. The van der Waals surface area contributed by atoms with E-state index in [9.17, 15) is 14.7 Å². The molecule has 1 N–H and O–H groups in total. The molecule has 0 unspecified atom stereocenters. The lowest BCUT2D eigenvalue weighted by atomic mass is 10.1. The van der Waals surface area contributed by atoms with Crippen LogP contribution >= 0.6 is 0 Å². The monoisotopic (exact) mass is 390 g/mol. The summed E-state index contributed by atoms with van der Waals surface area (Å²) in [6.45, 7) is -0.313. The van der Waals surface area contributed by atoms with Crippen LogP contribution in [0.1, 0.15) is 36.2 Å². The van der Waals surface area contributed by atoms with Crippen LogP contribution in [-0.2, 0) is 4.79 Å². The highest BCUT2D eigenvalue weighted by Crippen LogP contribution is 2.27. The number of rotatable bonds is 6. The van der Waals surface area contributed by atoms with Gasteiger partial charge < -0.3 is 10.0 Å². The van der Waals surface area contributed by atoms with Gasteiger partial charge >= 0.3 is 5.97 Å². The maximum atomic E-state index is 13.3. The number of carbonyl (C=O) groups is 2. The van der Waals surface area contributed by atoms with Crippen molar-refractivity contribution >= 4 is 11.9 Å². The van der Waals surface area contributed by atoms with E-state index in [-0.39, 0.29) is 24.2 Å². The summed E-state index contributed by atoms with van der Waals surface area (Å²) in [5, 5.41) is 13.9. The van der Waals surface area contributed by atoms with Gasteiger partial charge in [-0.2, -0.15) is 5.10 Å². The van der Waals surface area contributed by atoms with E-state index >= 15 is 0 Å². The molecule has 148 valence electrons. The topological polar surface area (TPSA) is 88.3 Å². The summed E-state index contributed by atoms with van der Waals surface area (Å²) in [5.74, 6) is -1.36. The Bertz CT molecular complexity index is 938. The van der Waals surface area contributed by atoms with Gasteiger partial charge in [0.05, 0.1) is 11.4 Å². The van der Waals surface area contributed by atoms with E-state index in [1.54, 1.807) is 23.1 Å². The van der Waals surface area contributed by atoms with Gasteiger partial charge in [0.25, 0.3) is 5.91 Å². The zero-order chi connectivity index (χ0) is 20.2. The Kier molecular flexibility index (Phi) is 5.37. The number of carboxylic acids is 1. The Morgan fingerprint density at radius 2 is 1.76 bits per heavy atom. The van der Waals surface area contributed by atoms with Crippen LogP contribution in [0.4, 0.5) is 0 Å². The first-order chi connectivity index (χ1) is 14.1. The Morgan fingerprint density at radius 3 is 2.41 bits per heavy atom. The third kappa shape index (κ3) is 4.03. The van der Waals surface area contributed by atoms with Crippen molar-refractivity contribution in [2.75, 3.05) is 6.54 Å². The minimum Gasteiger partial charge on any atom is -0.480 e. The van der Waals surface area contributed by atoms with E-state index in [1.807, 2.05) is 42.5 Å². The second-order valence-electron chi connectivity index (χ2n) is 7.16. The van der Waals surface area contributed by atoms with Crippen molar-refractivity contribution in [3.8, 4) is 16.9 Å². The molecule has 0 bridgehead atoms. The molecule has 0 saturated heterocycles. The van der Waals surface area contributed by atoms with Crippen LogP contribution in [0.3, 0.4) is 0 Å². The highest BCUT2D eigenvalue weighted by atomic mass is 16.4. The maximum Gasteiger partial charge on any atom is 0.323 e. The Morgan fingerprint density at radius 1 is 1.07 bits per heavy atom. The average molecular weight is 390 g/mol. The number of carbonyl (C=O) groups excluding carboxylic acids is 1. The first-order valence-corrected chi connectivity index (χ1v) is 9.72.